The van der Waals surface area contributed by atoms with Gasteiger partial charge in [-0.2, -0.15) is 0 Å². The van der Waals surface area contributed by atoms with Crippen LogP contribution >= 0.6 is 11.3 Å². The Hall–Kier alpha value is -1.56. The van der Waals surface area contributed by atoms with Gasteiger partial charge in [-0.1, -0.05) is 13.8 Å². The van der Waals surface area contributed by atoms with E-state index in [1.165, 1.54) is 11.3 Å². The van der Waals surface area contributed by atoms with Crippen molar-refractivity contribution in [2.45, 2.75) is 27.7 Å². The maximum Gasteiger partial charge on any atom is 0.343 e. The van der Waals surface area contributed by atoms with Gasteiger partial charge < -0.3 is 15.4 Å². The third kappa shape index (κ3) is 3.12. The van der Waals surface area contributed by atoms with E-state index in [1.54, 1.807) is 6.92 Å². The Kier molecular flexibility index (Phi) is 5.56. The first-order valence-electron chi connectivity index (χ1n) is 6.69. The molecule has 0 unspecified atom stereocenters. The maximum absolute atomic E-state index is 12.2. The minimum absolute atomic E-state index is 0.0474. The van der Waals surface area contributed by atoms with E-state index in [1.807, 2.05) is 32.7 Å². The summed E-state index contributed by atoms with van der Waals surface area (Å²) in [5.74, 6) is -0.682. The van der Waals surface area contributed by atoms with Gasteiger partial charge in [-0.15, -0.1) is 11.3 Å². The van der Waals surface area contributed by atoms with Crippen molar-refractivity contribution >= 4 is 33.8 Å². The number of thiophene rings is 1. The Morgan fingerprint density at radius 3 is 2.40 bits per heavy atom. The number of carbonyl (C=O) groups is 2. The SMILES string of the molecule is CCOC(=O)c1c(N(C)CC)sc(C(=O)C(C)C)c1N. The van der Waals surface area contributed by atoms with Crippen LogP contribution in [-0.2, 0) is 4.74 Å². The van der Waals surface area contributed by atoms with Crippen molar-refractivity contribution in [1.29, 1.82) is 0 Å². The number of esters is 1. The van der Waals surface area contributed by atoms with Crippen LogP contribution in [0.2, 0.25) is 0 Å². The molecule has 0 aliphatic heterocycles. The summed E-state index contributed by atoms with van der Waals surface area (Å²) < 4.78 is 5.05. The summed E-state index contributed by atoms with van der Waals surface area (Å²) in [6.07, 6.45) is 0. The number of ether oxygens (including phenoxy) is 1. The number of ketones is 1. The Morgan fingerprint density at radius 1 is 1.35 bits per heavy atom. The van der Waals surface area contributed by atoms with Crippen molar-refractivity contribution < 1.29 is 14.3 Å². The standard InChI is InChI=1S/C14H22N2O3S/c1-6-16(5)13-9(14(18)19-7-2)10(15)12(20-13)11(17)8(3)4/h8H,6-7,15H2,1-5H3. The van der Waals surface area contributed by atoms with E-state index in [4.69, 9.17) is 10.5 Å². The molecule has 0 aliphatic carbocycles. The molecule has 2 N–H and O–H groups in total. The number of rotatable bonds is 6. The number of carbonyl (C=O) groups excluding carboxylic acids is 2. The van der Waals surface area contributed by atoms with Crippen LogP contribution in [0.5, 0.6) is 0 Å². The van der Waals surface area contributed by atoms with Gasteiger partial charge in [0.05, 0.1) is 17.2 Å². The molecule has 0 aromatic carbocycles. The fourth-order valence-electron chi connectivity index (χ4n) is 1.69. The molecule has 0 saturated carbocycles. The van der Waals surface area contributed by atoms with Gasteiger partial charge in [-0.3, -0.25) is 4.79 Å². The summed E-state index contributed by atoms with van der Waals surface area (Å²) in [6, 6.07) is 0. The van der Waals surface area contributed by atoms with Crippen LogP contribution in [0.25, 0.3) is 0 Å². The molecule has 20 heavy (non-hydrogen) atoms. The molecule has 0 aliphatic rings. The Balaban J connectivity index is 3.39. The minimum atomic E-state index is -0.473. The van der Waals surface area contributed by atoms with Crippen LogP contribution in [0, 0.1) is 5.92 Å². The van der Waals surface area contributed by atoms with E-state index in [0.29, 0.717) is 22.0 Å². The van der Waals surface area contributed by atoms with Gasteiger partial charge in [0.1, 0.15) is 10.6 Å². The Labute approximate surface area is 123 Å². The minimum Gasteiger partial charge on any atom is -0.462 e. The van der Waals surface area contributed by atoms with Crippen LogP contribution in [-0.4, -0.2) is 32.0 Å². The first-order valence-corrected chi connectivity index (χ1v) is 7.51. The number of hydrogen-bond acceptors (Lipinski definition) is 6. The lowest BCUT2D eigenvalue weighted by molar-refractivity contribution is 0.0529. The van der Waals surface area contributed by atoms with Gasteiger partial charge in [0.15, 0.2) is 5.78 Å². The van der Waals surface area contributed by atoms with Gasteiger partial charge in [0.2, 0.25) is 0 Å². The number of nitrogen functional groups attached to an aromatic ring is 1. The third-order valence-corrected chi connectivity index (χ3v) is 4.31. The smallest absolute Gasteiger partial charge is 0.343 e. The average molecular weight is 298 g/mol. The largest absolute Gasteiger partial charge is 0.462 e. The Morgan fingerprint density at radius 2 is 1.95 bits per heavy atom. The molecule has 0 bridgehead atoms. The number of nitrogens with two attached hydrogens (primary N) is 1. The molecule has 0 radical (unpaired) electrons. The molecule has 1 aromatic rings. The molecule has 5 nitrogen and oxygen atoms in total. The molecule has 0 atom stereocenters. The van der Waals surface area contributed by atoms with Crippen LogP contribution in [0.3, 0.4) is 0 Å². The zero-order valence-electron chi connectivity index (χ0n) is 12.6. The molecule has 1 aromatic heterocycles. The van der Waals surface area contributed by atoms with E-state index in [0.717, 1.165) is 0 Å². The predicted octanol–water partition coefficient (Wildman–Crippen LogP) is 2.80. The second kappa shape index (κ2) is 6.74. The van der Waals surface area contributed by atoms with Gasteiger partial charge >= 0.3 is 5.97 Å². The van der Waals surface area contributed by atoms with E-state index in [9.17, 15) is 9.59 Å². The van der Waals surface area contributed by atoms with Crippen molar-refractivity contribution in [1.82, 2.24) is 0 Å². The van der Waals surface area contributed by atoms with E-state index in [-0.39, 0.29) is 24.0 Å². The monoisotopic (exact) mass is 298 g/mol. The van der Waals surface area contributed by atoms with Crippen LogP contribution in [0.15, 0.2) is 0 Å². The van der Waals surface area contributed by atoms with Crippen LogP contribution in [0.1, 0.15) is 47.7 Å². The fraction of sp³-hybridized carbons (Fsp3) is 0.571. The highest BCUT2D eigenvalue weighted by Crippen LogP contribution is 2.39. The van der Waals surface area contributed by atoms with Crippen LogP contribution in [0.4, 0.5) is 10.7 Å². The lowest BCUT2D eigenvalue weighted by atomic mass is 10.1. The molecular weight excluding hydrogens is 276 g/mol. The van der Waals surface area contributed by atoms with Crippen LogP contribution < -0.4 is 10.6 Å². The van der Waals surface area contributed by atoms with Crippen molar-refractivity contribution in [3.8, 4) is 0 Å². The molecule has 0 amide bonds. The van der Waals surface area contributed by atoms with Crippen molar-refractivity contribution in [3.05, 3.63) is 10.4 Å². The first kappa shape index (κ1) is 16.5. The van der Waals surface area contributed by atoms with E-state index < -0.39 is 5.97 Å². The fourth-order valence-corrected chi connectivity index (χ4v) is 3.01. The number of nitrogens with zero attached hydrogens (tertiary/aromatic N) is 1. The topological polar surface area (TPSA) is 72.6 Å². The molecule has 0 saturated heterocycles. The van der Waals surface area contributed by atoms with Gasteiger partial charge in [0.25, 0.3) is 0 Å². The zero-order valence-corrected chi connectivity index (χ0v) is 13.5. The normalized spacial score (nSPS) is 10.7. The molecular formula is C14H22N2O3S. The Bertz CT molecular complexity index is 509. The maximum atomic E-state index is 12.2. The second-order valence-electron chi connectivity index (χ2n) is 4.78. The summed E-state index contributed by atoms with van der Waals surface area (Å²) in [7, 11) is 1.86. The summed E-state index contributed by atoms with van der Waals surface area (Å²) in [4.78, 5) is 26.6. The van der Waals surface area contributed by atoms with Gasteiger partial charge in [-0.05, 0) is 13.8 Å². The second-order valence-corrected chi connectivity index (χ2v) is 5.78. The highest BCUT2D eigenvalue weighted by Gasteiger charge is 2.28. The molecule has 1 rings (SSSR count). The average Bonchev–Trinajstić information content (AvgIpc) is 2.74. The lowest BCUT2D eigenvalue weighted by Crippen LogP contribution is -2.18. The quantitative estimate of drug-likeness (QED) is 0.646. The first-order chi connectivity index (χ1) is 9.34. The number of hydrogen-bond donors (Lipinski definition) is 1. The predicted molar refractivity (Wildman–Crippen MR) is 82.8 cm³/mol. The molecule has 1 heterocycles. The third-order valence-electron chi connectivity index (χ3n) is 2.98. The van der Waals surface area contributed by atoms with E-state index in [2.05, 4.69) is 0 Å². The summed E-state index contributed by atoms with van der Waals surface area (Å²) in [6.45, 7) is 8.32. The molecule has 6 heteroatoms. The highest BCUT2D eigenvalue weighted by atomic mass is 32.1. The zero-order chi connectivity index (χ0) is 15.4. The van der Waals surface area contributed by atoms with Gasteiger partial charge in [-0.25, -0.2) is 4.79 Å². The van der Waals surface area contributed by atoms with Crippen molar-refractivity contribution in [3.63, 3.8) is 0 Å². The number of Topliss-reactive ketones (excluding diaryl/α,β-unsaturated/α-hetero) is 1. The summed E-state index contributed by atoms with van der Waals surface area (Å²) in [5.41, 5.74) is 6.58. The highest BCUT2D eigenvalue weighted by molar-refractivity contribution is 7.19. The van der Waals surface area contributed by atoms with Crippen molar-refractivity contribution in [2.24, 2.45) is 5.92 Å². The van der Waals surface area contributed by atoms with E-state index >= 15 is 0 Å². The molecule has 112 valence electrons. The summed E-state index contributed by atoms with van der Waals surface area (Å²) >= 11 is 1.26. The molecule has 0 spiro atoms. The number of anilines is 2. The lowest BCUT2D eigenvalue weighted by Gasteiger charge is -2.16. The summed E-state index contributed by atoms with van der Waals surface area (Å²) in [5, 5.41) is 0.687. The van der Waals surface area contributed by atoms with Crippen molar-refractivity contribution in [2.75, 3.05) is 30.8 Å². The van der Waals surface area contributed by atoms with Gasteiger partial charge in [0, 0.05) is 19.5 Å². The molecule has 0 fully saturated rings.